The van der Waals surface area contributed by atoms with E-state index in [9.17, 15) is 23.6 Å². The monoisotopic (exact) mass is 660 g/mol. The Morgan fingerprint density at radius 3 is 2.56 bits per heavy atom. The molecule has 1 unspecified atom stereocenters. The summed E-state index contributed by atoms with van der Waals surface area (Å²) < 4.78 is 18.4. The first-order valence-electron chi connectivity index (χ1n) is 13.9. The molecule has 2 aliphatic rings. The first-order valence-corrected chi connectivity index (χ1v) is 14.7. The van der Waals surface area contributed by atoms with Crippen molar-refractivity contribution >= 4 is 40.2 Å². The second-order valence-corrected chi connectivity index (χ2v) is 11.0. The summed E-state index contributed by atoms with van der Waals surface area (Å²) in [5.74, 6) is -0.640. The van der Waals surface area contributed by atoms with Gasteiger partial charge in [-0.25, -0.2) is 19.2 Å². The topological polar surface area (TPSA) is 115 Å². The summed E-state index contributed by atoms with van der Waals surface area (Å²) in [6, 6.07) is 12.6. The SMILES string of the molecule is C=CCOC=O.CNCCC[C@H]1C(=O)N(Cc2cccc(Br)c2)CC2N1C(=O)CN(C)N2C(=O)NCc1ccc(F)cc1. The van der Waals surface area contributed by atoms with Crippen LogP contribution in [-0.2, 0) is 32.2 Å². The highest BCUT2D eigenvalue weighted by atomic mass is 79.9. The maximum absolute atomic E-state index is 13.6. The molecule has 2 saturated heterocycles. The molecule has 232 valence electrons. The van der Waals surface area contributed by atoms with Crippen LogP contribution in [-0.4, -0.2) is 96.7 Å². The Hall–Kier alpha value is -3.81. The summed E-state index contributed by atoms with van der Waals surface area (Å²) in [5.41, 5.74) is 1.70. The Morgan fingerprint density at radius 2 is 1.93 bits per heavy atom. The quantitative estimate of drug-likeness (QED) is 0.216. The molecular formula is C30H38BrFN6O5. The van der Waals surface area contributed by atoms with Crippen molar-refractivity contribution in [3.63, 3.8) is 0 Å². The highest BCUT2D eigenvalue weighted by Crippen LogP contribution is 2.29. The van der Waals surface area contributed by atoms with Gasteiger partial charge in [-0.1, -0.05) is 52.9 Å². The number of amides is 4. The lowest BCUT2D eigenvalue weighted by Gasteiger charge is -2.54. The van der Waals surface area contributed by atoms with E-state index < -0.39 is 12.2 Å². The molecule has 0 saturated carbocycles. The Balaban J connectivity index is 0.000000765. The number of fused-ring (bicyclic) bond motifs is 1. The normalized spacial score (nSPS) is 18.4. The van der Waals surface area contributed by atoms with Gasteiger partial charge < -0.3 is 25.2 Å². The third-order valence-electron chi connectivity index (χ3n) is 6.95. The number of hydrazine groups is 1. The molecule has 4 amide bonds. The van der Waals surface area contributed by atoms with E-state index in [0.29, 0.717) is 39.0 Å². The number of carbonyl (C=O) groups excluding carboxylic acids is 4. The minimum absolute atomic E-state index is 0.0120. The van der Waals surface area contributed by atoms with Gasteiger partial charge in [-0.2, -0.15) is 0 Å². The Labute approximate surface area is 259 Å². The Kier molecular flexibility index (Phi) is 13.1. The van der Waals surface area contributed by atoms with Crippen molar-refractivity contribution in [2.24, 2.45) is 0 Å². The van der Waals surface area contributed by atoms with E-state index in [4.69, 9.17) is 0 Å². The van der Waals surface area contributed by atoms with E-state index in [0.717, 1.165) is 15.6 Å². The molecular weight excluding hydrogens is 623 g/mol. The molecule has 2 N–H and O–H groups in total. The van der Waals surface area contributed by atoms with Crippen molar-refractivity contribution in [3.8, 4) is 0 Å². The lowest BCUT2D eigenvalue weighted by molar-refractivity contribution is -0.188. The summed E-state index contributed by atoms with van der Waals surface area (Å²) >= 11 is 3.48. The smallest absolute Gasteiger partial charge is 0.334 e. The number of likely N-dealkylation sites (N-methyl/N-ethyl adjacent to an activating group) is 1. The van der Waals surface area contributed by atoms with Crippen LogP contribution in [0.2, 0.25) is 0 Å². The predicted molar refractivity (Wildman–Crippen MR) is 162 cm³/mol. The van der Waals surface area contributed by atoms with Gasteiger partial charge in [0.25, 0.3) is 6.47 Å². The number of nitrogens with one attached hydrogen (secondary N) is 2. The fourth-order valence-corrected chi connectivity index (χ4v) is 5.47. The summed E-state index contributed by atoms with van der Waals surface area (Å²) in [6.45, 7) is 5.48. The zero-order valence-electron chi connectivity index (χ0n) is 24.4. The standard InChI is InChI=1S/C26H32BrFN6O3.C4H6O2/c1-29-12-4-7-22-25(36)32(15-19-5-3-6-20(27)13-19)16-23-33(22)24(35)17-31(2)34(23)26(37)30-14-18-8-10-21(28)11-9-18;1-2-3-6-4-5/h3,5-6,8-11,13,22-23,29H,4,7,12,14-17H2,1-2H3,(H,30,37);2,4H,1,3H2/t22-,23?;/m0./s1. The van der Waals surface area contributed by atoms with Crippen molar-refractivity contribution in [2.45, 2.75) is 38.1 Å². The van der Waals surface area contributed by atoms with E-state index in [1.165, 1.54) is 23.2 Å². The van der Waals surface area contributed by atoms with Crippen LogP contribution in [0.1, 0.15) is 24.0 Å². The maximum Gasteiger partial charge on any atom is 0.334 e. The molecule has 2 aromatic rings. The predicted octanol–water partition coefficient (Wildman–Crippen LogP) is 2.87. The number of carbonyl (C=O) groups is 4. The maximum atomic E-state index is 13.6. The van der Waals surface area contributed by atoms with Crippen molar-refractivity contribution in [1.29, 1.82) is 0 Å². The molecule has 2 heterocycles. The van der Waals surface area contributed by atoms with Crippen LogP contribution in [0.4, 0.5) is 9.18 Å². The number of benzene rings is 2. The van der Waals surface area contributed by atoms with Crippen molar-refractivity contribution in [1.82, 2.24) is 30.5 Å². The largest absolute Gasteiger partial charge is 0.464 e. The molecule has 4 rings (SSSR count). The fraction of sp³-hybridized carbons (Fsp3) is 0.400. The first kappa shape index (κ1) is 33.7. The molecule has 43 heavy (non-hydrogen) atoms. The van der Waals surface area contributed by atoms with Gasteiger partial charge in [0, 0.05) is 24.6 Å². The van der Waals surface area contributed by atoms with Crippen LogP contribution in [0, 0.1) is 5.82 Å². The van der Waals surface area contributed by atoms with E-state index in [1.54, 1.807) is 34.0 Å². The van der Waals surface area contributed by atoms with Gasteiger partial charge in [-0.3, -0.25) is 14.4 Å². The van der Waals surface area contributed by atoms with E-state index >= 15 is 0 Å². The molecule has 11 nitrogen and oxygen atoms in total. The van der Waals surface area contributed by atoms with Gasteiger partial charge in [0.2, 0.25) is 11.8 Å². The molecule has 0 aliphatic carbocycles. The number of hydrogen-bond acceptors (Lipinski definition) is 7. The van der Waals surface area contributed by atoms with Gasteiger partial charge in [-0.15, -0.1) is 0 Å². The number of nitrogens with zero attached hydrogens (tertiary/aromatic N) is 4. The van der Waals surface area contributed by atoms with Crippen LogP contribution in [0.3, 0.4) is 0 Å². The number of urea groups is 1. The summed E-state index contributed by atoms with van der Waals surface area (Å²) in [4.78, 5) is 52.9. The molecule has 13 heteroatoms. The Morgan fingerprint density at radius 1 is 1.19 bits per heavy atom. The minimum Gasteiger partial charge on any atom is -0.464 e. The fourth-order valence-electron chi connectivity index (χ4n) is 5.02. The number of ether oxygens (including phenoxy) is 1. The average molecular weight is 662 g/mol. The minimum atomic E-state index is -0.659. The molecule has 2 aromatic carbocycles. The van der Waals surface area contributed by atoms with E-state index in [1.807, 2.05) is 31.3 Å². The summed E-state index contributed by atoms with van der Waals surface area (Å²) in [5, 5.41) is 9.10. The molecule has 0 radical (unpaired) electrons. The van der Waals surface area contributed by atoms with Crippen LogP contribution in [0.15, 0.2) is 65.7 Å². The third-order valence-corrected chi connectivity index (χ3v) is 7.45. The van der Waals surface area contributed by atoms with Crippen molar-refractivity contribution in [3.05, 3.63) is 82.6 Å². The Bertz CT molecular complexity index is 1260. The summed E-state index contributed by atoms with van der Waals surface area (Å²) in [6.07, 6.45) is 2.06. The summed E-state index contributed by atoms with van der Waals surface area (Å²) in [7, 11) is 3.54. The van der Waals surface area contributed by atoms with Gasteiger partial charge in [0.15, 0.2) is 0 Å². The molecule has 0 spiro atoms. The second-order valence-electron chi connectivity index (χ2n) is 10.1. The van der Waals surface area contributed by atoms with Crippen molar-refractivity contribution in [2.75, 3.05) is 40.3 Å². The van der Waals surface area contributed by atoms with Gasteiger partial charge in [-0.05, 0) is 61.8 Å². The van der Waals surface area contributed by atoms with Crippen LogP contribution in [0.25, 0.3) is 0 Å². The number of piperazine rings is 1. The zero-order valence-corrected chi connectivity index (χ0v) is 26.0. The number of hydrogen-bond donors (Lipinski definition) is 2. The molecule has 0 aromatic heterocycles. The first-order chi connectivity index (χ1) is 20.7. The second kappa shape index (κ2) is 16.7. The molecule has 2 aliphatic heterocycles. The zero-order chi connectivity index (χ0) is 31.4. The van der Waals surface area contributed by atoms with Crippen LogP contribution >= 0.6 is 15.9 Å². The number of rotatable bonds is 11. The number of halogens is 2. The van der Waals surface area contributed by atoms with Gasteiger partial charge in [0.05, 0.1) is 13.1 Å². The lowest BCUT2D eigenvalue weighted by atomic mass is 10.0. The molecule has 0 bridgehead atoms. The molecule has 2 fully saturated rings. The molecule has 2 atom stereocenters. The average Bonchev–Trinajstić information content (AvgIpc) is 2.98. The van der Waals surface area contributed by atoms with Gasteiger partial charge >= 0.3 is 6.03 Å². The van der Waals surface area contributed by atoms with E-state index in [-0.39, 0.29) is 43.3 Å². The van der Waals surface area contributed by atoms with Crippen LogP contribution in [0.5, 0.6) is 0 Å². The highest BCUT2D eigenvalue weighted by Gasteiger charge is 2.50. The van der Waals surface area contributed by atoms with Crippen molar-refractivity contribution < 1.29 is 28.3 Å². The van der Waals surface area contributed by atoms with Crippen LogP contribution < -0.4 is 10.6 Å². The third kappa shape index (κ3) is 9.34. The van der Waals surface area contributed by atoms with E-state index in [2.05, 4.69) is 37.9 Å². The lowest BCUT2D eigenvalue weighted by Crippen LogP contribution is -2.75. The highest BCUT2D eigenvalue weighted by molar-refractivity contribution is 9.10. The van der Waals surface area contributed by atoms with Gasteiger partial charge in [0.1, 0.15) is 24.6 Å².